The number of H-pyrrole nitrogens is 1. The van der Waals surface area contributed by atoms with Crippen LogP contribution in [0.2, 0.25) is 0 Å². The third-order valence-corrected chi connectivity index (χ3v) is 6.98. The topological polar surface area (TPSA) is 144 Å². The van der Waals surface area contributed by atoms with Gasteiger partial charge in [0, 0.05) is 22.5 Å². The Morgan fingerprint density at radius 1 is 0.905 bits per heavy atom. The van der Waals surface area contributed by atoms with E-state index in [-0.39, 0.29) is 18.2 Å². The molecule has 2 heterocycles. The van der Waals surface area contributed by atoms with Crippen molar-refractivity contribution in [2.45, 2.75) is 6.42 Å². The number of rotatable bonds is 8. The van der Waals surface area contributed by atoms with E-state index in [4.69, 9.17) is 15.2 Å². The molecule has 0 atom stereocenters. The number of aromatic nitrogens is 1. The number of carboxylic acid groups (broad SMARTS) is 1. The Balaban J connectivity index is 1.48. The van der Waals surface area contributed by atoms with Crippen molar-refractivity contribution >= 4 is 40.4 Å². The van der Waals surface area contributed by atoms with Gasteiger partial charge in [-0.05, 0) is 76.7 Å². The summed E-state index contributed by atoms with van der Waals surface area (Å²) in [6.07, 6.45) is 3.34. The van der Waals surface area contributed by atoms with Gasteiger partial charge in [-0.1, -0.05) is 48.5 Å². The monoisotopic (exact) mass is 559 g/mol. The second-order valence-corrected chi connectivity index (χ2v) is 9.78. The van der Waals surface area contributed by atoms with Crippen molar-refractivity contribution < 1.29 is 29.0 Å². The third kappa shape index (κ3) is 5.31. The summed E-state index contributed by atoms with van der Waals surface area (Å²) in [5.74, 6) is -1.00. The minimum Gasteiger partial charge on any atom is -0.477 e. The van der Waals surface area contributed by atoms with E-state index in [1.165, 1.54) is 6.08 Å². The maximum atomic E-state index is 13.0. The molecule has 9 heteroatoms. The molecular formula is C33H25N3O6. The van der Waals surface area contributed by atoms with Crippen molar-refractivity contribution in [3.8, 4) is 22.6 Å². The van der Waals surface area contributed by atoms with Crippen molar-refractivity contribution in [1.82, 2.24) is 4.98 Å². The molecule has 2 amide bonds. The number of carbonyl (C=O) groups excluding carboxylic acids is 2. The van der Waals surface area contributed by atoms with Crippen LogP contribution in [0.3, 0.4) is 0 Å². The maximum absolute atomic E-state index is 13.0. The standard InChI is InChI=1S/C33H25N3O6/c34-32(38)22-8-4-7-20(13-22)14-24-15-23(21-10-11-26-27(17-21)42-18-41-26)16-25-29(24)30(31(35-25)33(39)40)36-28(37)12-9-19-5-2-1-3-6-19/h1-13,15-17,35H,14,18H2,(H2,34,38)(H,36,37)(H,39,40). The summed E-state index contributed by atoms with van der Waals surface area (Å²) in [4.78, 5) is 40.2. The predicted molar refractivity (Wildman–Crippen MR) is 159 cm³/mol. The largest absolute Gasteiger partial charge is 0.477 e. The van der Waals surface area contributed by atoms with Gasteiger partial charge < -0.3 is 30.6 Å². The van der Waals surface area contributed by atoms with Gasteiger partial charge in [-0.25, -0.2) is 4.79 Å². The molecule has 0 radical (unpaired) electrons. The van der Waals surface area contributed by atoms with Gasteiger partial charge in [0.1, 0.15) is 5.69 Å². The Labute approximate surface area is 240 Å². The summed E-state index contributed by atoms with van der Waals surface area (Å²) in [6, 6.07) is 25.6. The van der Waals surface area contributed by atoms with Gasteiger partial charge in [0.15, 0.2) is 11.5 Å². The molecule has 9 nitrogen and oxygen atoms in total. The number of nitrogens with two attached hydrogens (primary N) is 1. The number of ether oxygens (including phenoxy) is 2. The van der Waals surface area contributed by atoms with Crippen LogP contribution in [0.5, 0.6) is 11.5 Å². The van der Waals surface area contributed by atoms with E-state index < -0.39 is 17.8 Å². The number of hydrogen-bond acceptors (Lipinski definition) is 5. The fourth-order valence-corrected chi connectivity index (χ4v) is 5.04. The van der Waals surface area contributed by atoms with Crippen LogP contribution in [0.15, 0.2) is 91.0 Å². The number of nitrogens with one attached hydrogen (secondary N) is 2. The molecule has 0 saturated heterocycles. The first-order chi connectivity index (χ1) is 20.4. The molecule has 1 aliphatic rings. The number of aromatic amines is 1. The number of hydrogen-bond donors (Lipinski definition) is 4. The summed E-state index contributed by atoms with van der Waals surface area (Å²) >= 11 is 0. The molecule has 0 aliphatic carbocycles. The molecule has 208 valence electrons. The van der Waals surface area contributed by atoms with E-state index in [1.54, 1.807) is 24.3 Å². The van der Waals surface area contributed by atoms with Crippen molar-refractivity contribution in [3.05, 3.63) is 119 Å². The number of carboxylic acids is 1. The van der Waals surface area contributed by atoms with Crippen LogP contribution >= 0.6 is 0 Å². The molecule has 1 aliphatic heterocycles. The molecule has 6 rings (SSSR count). The van der Waals surface area contributed by atoms with Gasteiger partial charge >= 0.3 is 5.97 Å². The lowest BCUT2D eigenvalue weighted by Gasteiger charge is -2.12. The molecule has 0 bridgehead atoms. The number of fused-ring (bicyclic) bond motifs is 2. The van der Waals surface area contributed by atoms with Gasteiger partial charge in [0.05, 0.1) is 5.69 Å². The highest BCUT2D eigenvalue weighted by Gasteiger charge is 2.23. The molecule has 42 heavy (non-hydrogen) atoms. The Hall–Kier alpha value is -5.83. The minimum atomic E-state index is -1.22. The second kappa shape index (κ2) is 11.0. The zero-order valence-corrected chi connectivity index (χ0v) is 22.2. The SMILES string of the molecule is NC(=O)c1cccc(Cc2cc(-c3ccc4c(c3)OCO4)cc3[nH]c(C(=O)O)c(NC(=O)C=Cc4ccccc4)c23)c1. The van der Waals surface area contributed by atoms with Crippen LogP contribution in [-0.4, -0.2) is 34.7 Å². The number of amides is 2. The van der Waals surface area contributed by atoms with Crippen molar-refractivity contribution in [2.24, 2.45) is 5.73 Å². The highest BCUT2D eigenvalue weighted by Crippen LogP contribution is 2.40. The van der Waals surface area contributed by atoms with E-state index >= 15 is 0 Å². The van der Waals surface area contributed by atoms with Gasteiger partial charge in [0.2, 0.25) is 18.6 Å². The normalized spacial score (nSPS) is 12.1. The number of primary amides is 1. The molecule has 0 saturated carbocycles. The smallest absolute Gasteiger partial charge is 0.354 e. The summed E-state index contributed by atoms with van der Waals surface area (Å²) < 4.78 is 11.0. The van der Waals surface area contributed by atoms with E-state index in [0.29, 0.717) is 34.4 Å². The Kier molecular flexibility index (Phi) is 6.90. The lowest BCUT2D eigenvalue weighted by atomic mass is 9.94. The highest BCUT2D eigenvalue weighted by molar-refractivity contribution is 6.14. The van der Waals surface area contributed by atoms with Crippen molar-refractivity contribution in [2.75, 3.05) is 12.1 Å². The van der Waals surface area contributed by atoms with Gasteiger partial charge in [-0.15, -0.1) is 0 Å². The van der Waals surface area contributed by atoms with Crippen LogP contribution in [0, 0.1) is 0 Å². The first kappa shape index (κ1) is 26.4. The zero-order chi connectivity index (χ0) is 29.2. The number of benzene rings is 4. The molecule has 0 fully saturated rings. The molecule has 0 unspecified atom stereocenters. The lowest BCUT2D eigenvalue weighted by molar-refractivity contribution is -0.111. The summed E-state index contributed by atoms with van der Waals surface area (Å²) in [7, 11) is 0. The summed E-state index contributed by atoms with van der Waals surface area (Å²) in [5.41, 5.74) is 10.4. The molecule has 4 aromatic carbocycles. The molecule has 0 spiro atoms. The summed E-state index contributed by atoms with van der Waals surface area (Å²) in [6.45, 7) is 0.139. The Morgan fingerprint density at radius 2 is 1.71 bits per heavy atom. The maximum Gasteiger partial charge on any atom is 0.354 e. The van der Waals surface area contributed by atoms with E-state index in [2.05, 4.69) is 10.3 Å². The van der Waals surface area contributed by atoms with Gasteiger partial charge in [-0.2, -0.15) is 0 Å². The van der Waals surface area contributed by atoms with Crippen LogP contribution in [0.1, 0.15) is 37.5 Å². The number of anilines is 1. The predicted octanol–water partition coefficient (Wildman–Crippen LogP) is 5.60. The minimum absolute atomic E-state index is 0.139. The van der Waals surface area contributed by atoms with Crippen molar-refractivity contribution in [3.63, 3.8) is 0 Å². The van der Waals surface area contributed by atoms with Crippen LogP contribution in [0.4, 0.5) is 5.69 Å². The second-order valence-electron chi connectivity index (χ2n) is 9.78. The molecular weight excluding hydrogens is 534 g/mol. The Bertz CT molecular complexity index is 1890. The third-order valence-electron chi connectivity index (χ3n) is 6.98. The average molecular weight is 560 g/mol. The van der Waals surface area contributed by atoms with E-state index in [9.17, 15) is 19.5 Å². The van der Waals surface area contributed by atoms with Crippen LogP contribution < -0.4 is 20.5 Å². The lowest BCUT2D eigenvalue weighted by Crippen LogP contribution is -2.12. The Morgan fingerprint density at radius 3 is 2.50 bits per heavy atom. The van der Waals surface area contributed by atoms with Crippen LogP contribution in [-0.2, 0) is 11.2 Å². The van der Waals surface area contributed by atoms with E-state index in [1.807, 2.05) is 66.7 Å². The average Bonchev–Trinajstić information content (AvgIpc) is 3.61. The highest BCUT2D eigenvalue weighted by atomic mass is 16.7. The van der Waals surface area contributed by atoms with E-state index in [0.717, 1.165) is 27.8 Å². The van der Waals surface area contributed by atoms with Crippen LogP contribution in [0.25, 0.3) is 28.1 Å². The fraction of sp³-hybridized carbons (Fsp3) is 0.0606. The van der Waals surface area contributed by atoms with Gasteiger partial charge in [0.25, 0.3) is 0 Å². The van der Waals surface area contributed by atoms with Crippen molar-refractivity contribution in [1.29, 1.82) is 0 Å². The first-order valence-corrected chi connectivity index (χ1v) is 13.1. The first-order valence-electron chi connectivity index (χ1n) is 13.1. The zero-order valence-electron chi connectivity index (χ0n) is 22.2. The fourth-order valence-electron chi connectivity index (χ4n) is 5.04. The number of aromatic carboxylic acids is 1. The molecule has 5 aromatic rings. The molecule has 1 aromatic heterocycles. The quantitative estimate of drug-likeness (QED) is 0.182. The molecule has 5 N–H and O–H groups in total. The van der Waals surface area contributed by atoms with Gasteiger partial charge in [-0.3, -0.25) is 9.59 Å². The number of carbonyl (C=O) groups is 3. The summed E-state index contributed by atoms with van der Waals surface area (Å²) in [5, 5.41) is 13.4.